The summed E-state index contributed by atoms with van der Waals surface area (Å²) in [6.07, 6.45) is 14.2. The lowest BCUT2D eigenvalue weighted by Crippen LogP contribution is -2.14. The molecule has 0 amide bonds. The molecule has 0 radical (unpaired) electrons. The Labute approximate surface area is 359 Å². The largest absolute Gasteiger partial charge is 0.481 e. The van der Waals surface area contributed by atoms with Gasteiger partial charge in [-0.2, -0.15) is 0 Å². The van der Waals surface area contributed by atoms with Crippen LogP contribution in [0.1, 0.15) is 126 Å². The van der Waals surface area contributed by atoms with Crippen molar-refractivity contribution in [2.75, 3.05) is 46.2 Å². The minimum atomic E-state index is -1.06. The molecule has 2 atom stereocenters. The number of unbranched alkanes of at least 4 members (excludes halogenated alkanes) is 3. The molecule has 0 fully saturated rings. The summed E-state index contributed by atoms with van der Waals surface area (Å²) in [5.41, 5.74) is 0.743. The number of aliphatic carboxylic acids is 1. The molecule has 15 heteroatoms. The van der Waals surface area contributed by atoms with Crippen molar-refractivity contribution in [3.05, 3.63) is 62.3 Å². The van der Waals surface area contributed by atoms with E-state index in [-0.39, 0.29) is 62.8 Å². The third kappa shape index (κ3) is 53.0. The van der Waals surface area contributed by atoms with Gasteiger partial charge in [-0.1, -0.05) is 112 Å². The molecule has 0 aliphatic rings. The van der Waals surface area contributed by atoms with E-state index < -0.39 is 23.9 Å². The van der Waals surface area contributed by atoms with Crippen molar-refractivity contribution < 1.29 is 72.2 Å². The predicted molar refractivity (Wildman–Crippen MR) is 231 cm³/mol. The molecule has 0 saturated heterocycles. The fraction of sp³-hybridized carbons (Fsp3) is 0.622. The molecule has 0 aromatic carbocycles. The standard InChI is InChI=1S/C12H22O2.C11H20O2.C10H14O6.C7H12O2.C5H8O3/c1-5-7-8-11(6-2)9-14-12(13)10(3)4;1-4-7-8-10(5-2)9-13-11(12)6-3;1-7(2)10(14)16-6-5-15-9(13)4-3-8(11)12;1-3-5-6-9-7(8)4-2;1-2-5(7)8-4-3-6/h11H,3,5-9H2,1-2,4H3;6,10H,3-5,7-9H2,1-2H3;1,3-6H2,2H3,(H,11,12);4H,2-3,5-6H2,1H3;2,6H,1,3-4H2. The smallest absolute Gasteiger partial charge is 0.333 e. The maximum Gasteiger partial charge on any atom is 0.333 e. The first-order valence-electron chi connectivity index (χ1n) is 20.4. The average molecular weight is 857 g/mol. The first-order chi connectivity index (χ1) is 28.4. The highest BCUT2D eigenvalue weighted by molar-refractivity contribution is 5.87. The molecular formula is C45H76O15. The third-order valence-corrected chi connectivity index (χ3v) is 7.40. The summed E-state index contributed by atoms with van der Waals surface area (Å²) in [7, 11) is 0. The van der Waals surface area contributed by atoms with E-state index in [0.717, 1.165) is 44.6 Å². The van der Waals surface area contributed by atoms with Crippen molar-refractivity contribution in [1.29, 1.82) is 0 Å². The molecule has 0 saturated carbocycles. The second-order valence-electron chi connectivity index (χ2n) is 12.9. The summed E-state index contributed by atoms with van der Waals surface area (Å²) in [4.78, 5) is 74.2. The highest BCUT2D eigenvalue weighted by Crippen LogP contribution is 2.14. The summed E-state index contributed by atoms with van der Waals surface area (Å²) in [5, 5.41) is 16.4. The Kier molecular flexibility index (Phi) is 51.6. The Balaban J connectivity index is -0.000000215. The SMILES string of the molecule is C=C(C)C(=O)OCC(CC)CCCC.C=C(C)C(=O)OCCOC(=O)CCC(=O)O.C=CC(=O)OCC(CC)CCCC.C=CC(=O)OCCCC.C=CC(=O)OCCO. The van der Waals surface area contributed by atoms with Crippen molar-refractivity contribution in [2.24, 2.45) is 11.8 Å². The molecule has 0 aliphatic carbocycles. The van der Waals surface area contributed by atoms with Gasteiger partial charge in [0, 0.05) is 29.4 Å². The molecular weight excluding hydrogens is 780 g/mol. The second kappa shape index (κ2) is 48.3. The monoisotopic (exact) mass is 857 g/mol. The van der Waals surface area contributed by atoms with E-state index in [0.29, 0.717) is 37.2 Å². The van der Waals surface area contributed by atoms with Gasteiger partial charge in [-0.25, -0.2) is 24.0 Å². The molecule has 0 rings (SSSR count). The zero-order valence-corrected chi connectivity index (χ0v) is 37.6. The van der Waals surface area contributed by atoms with Crippen LogP contribution in [0.25, 0.3) is 0 Å². The number of carbonyl (C=O) groups excluding carboxylic acids is 6. The molecule has 2 unspecified atom stereocenters. The number of aliphatic hydroxyl groups is 1. The fourth-order valence-electron chi connectivity index (χ4n) is 3.65. The molecule has 15 nitrogen and oxygen atoms in total. The van der Waals surface area contributed by atoms with Gasteiger partial charge in [0.05, 0.1) is 39.3 Å². The summed E-state index contributed by atoms with van der Waals surface area (Å²) < 4.78 is 28.4. The minimum Gasteiger partial charge on any atom is -0.481 e. The summed E-state index contributed by atoms with van der Waals surface area (Å²) >= 11 is 0. The van der Waals surface area contributed by atoms with Gasteiger partial charge in [-0.3, -0.25) is 9.59 Å². The normalized spacial score (nSPS) is 10.3. The van der Waals surface area contributed by atoms with Gasteiger partial charge >= 0.3 is 41.8 Å². The number of hydrogen-bond acceptors (Lipinski definition) is 14. The minimum absolute atomic E-state index is 0.0465. The van der Waals surface area contributed by atoms with Gasteiger partial charge in [-0.15, -0.1) is 0 Å². The molecule has 0 aromatic rings. The number of esters is 6. The first kappa shape index (κ1) is 64.1. The van der Waals surface area contributed by atoms with Gasteiger partial charge in [0.25, 0.3) is 0 Å². The van der Waals surface area contributed by atoms with Gasteiger partial charge in [0.1, 0.15) is 19.8 Å². The average Bonchev–Trinajstić information content (AvgIpc) is 3.24. The van der Waals surface area contributed by atoms with Gasteiger partial charge in [0.2, 0.25) is 0 Å². The first-order valence-corrected chi connectivity index (χ1v) is 20.4. The van der Waals surface area contributed by atoms with Crippen molar-refractivity contribution in [3.8, 4) is 0 Å². The quantitative estimate of drug-likeness (QED) is 0.0330. The van der Waals surface area contributed by atoms with E-state index in [1.54, 1.807) is 6.92 Å². The number of carboxylic acids is 1. The third-order valence-electron chi connectivity index (χ3n) is 7.40. The maximum absolute atomic E-state index is 11.1. The number of aliphatic hydroxyl groups excluding tert-OH is 1. The molecule has 60 heavy (non-hydrogen) atoms. The lowest BCUT2D eigenvalue weighted by molar-refractivity contribution is -0.151. The van der Waals surface area contributed by atoms with Gasteiger partial charge < -0.3 is 38.6 Å². The second-order valence-corrected chi connectivity index (χ2v) is 12.9. The number of rotatable bonds is 28. The summed E-state index contributed by atoms with van der Waals surface area (Å²) in [6, 6.07) is 0. The topological polar surface area (TPSA) is 215 Å². The van der Waals surface area contributed by atoms with E-state index in [1.807, 2.05) is 6.92 Å². The summed E-state index contributed by atoms with van der Waals surface area (Å²) in [6.45, 7) is 31.9. The van der Waals surface area contributed by atoms with E-state index in [2.05, 4.69) is 79.5 Å². The van der Waals surface area contributed by atoms with Crippen LogP contribution in [0.4, 0.5) is 0 Å². The van der Waals surface area contributed by atoms with Gasteiger partial charge in [-0.05, 0) is 44.9 Å². The molecule has 2 N–H and O–H groups in total. The zero-order chi connectivity index (χ0) is 47.1. The van der Waals surface area contributed by atoms with Crippen LogP contribution >= 0.6 is 0 Å². The Hall–Kier alpha value is -5.05. The number of ether oxygens (including phenoxy) is 6. The number of carbonyl (C=O) groups is 7. The number of carboxylic acid groups (broad SMARTS) is 1. The Morgan fingerprint density at radius 1 is 0.533 bits per heavy atom. The molecule has 0 heterocycles. The van der Waals surface area contributed by atoms with E-state index >= 15 is 0 Å². The lowest BCUT2D eigenvalue weighted by atomic mass is 10.0. The van der Waals surface area contributed by atoms with E-state index in [4.69, 9.17) is 19.7 Å². The zero-order valence-electron chi connectivity index (χ0n) is 37.6. The fourth-order valence-corrected chi connectivity index (χ4v) is 3.65. The Bertz CT molecular complexity index is 1240. The van der Waals surface area contributed by atoms with Gasteiger partial charge in [0.15, 0.2) is 0 Å². The lowest BCUT2D eigenvalue weighted by Gasteiger charge is -2.14. The molecule has 346 valence electrons. The number of hydrogen-bond donors (Lipinski definition) is 2. The van der Waals surface area contributed by atoms with Crippen LogP contribution in [0.3, 0.4) is 0 Å². The van der Waals surface area contributed by atoms with Crippen LogP contribution in [0.5, 0.6) is 0 Å². The van der Waals surface area contributed by atoms with E-state index in [1.165, 1.54) is 44.8 Å². The van der Waals surface area contributed by atoms with Crippen LogP contribution in [0.15, 0.2) is 62.3 Å². The summed E-state index contributed by atoms with van der Waals surface area (Å²) in [5.74, 6) is -2.62. The highest BCUT2D eigenvalue weighted by atomic mass is 16.6. The Morgan fingerprint density at radius 2 is 0.933 bits per heavy atom. The highest BCUT2D eigenvalue weighted by Gasteiger charge is 2.11. The molecule has 0 bridgehead atoms. The molecule has 0 spiro atoms. The van der Waals surface area contributed by atoms with Crippen molar-refractivity contribution in [2.45, 2.75) is 126 Å². The van der Waals surface area contributed by atoms with Crippen LogP contribution < -0.4 is 0 Å². The van der Waals surface area contributed by atoms with Crippen molar-refractivity contribution >= 4 is 41.8 Å². The maximum atomic E-state index is 11.1. The van der Waals surface area contributed by atoms with Crippen LogP contribution in [0.2, 0.25) is 0 Å². The predicted octanol–water partition coefficient (Wildman–Crippen LogP) is 7.99. The van der Waals surface area contributed by atoms with Crippen LogP contribution in [0, 0.1) is 11.8 Å². The van der Waals surface area contributed by atoms with E-state index in [9.17, 15) is 33.6 Å². The van der Waals surface area contributed by atoms with Crippen molar-refractivity contribution in [1.82, 2.24) is 0 Å². The molecule has 0 aliphatic heterocycles. The molecule has 0 aromatic heterocycles. The van der Waals surface area contributed by atoms with Crippen LogP contribution in [-0.4, -0.2) is 98.2 Å². The van der Waals surface area contributed by atoms with Crippen molar-refractivity contribution in [3.63, 3.8) is 0 Å². The van der Waals surface area contributed by atoms with Crippen LogP contribution in [-0.2, 0) is 62.0 Å². The Morgan fingerprint density at radius 3 is 1.32 bits per heavy atom.